The van der Waals surface area contributed by atoms with Crippen molar-refractivity contribution in [2.75, 3.05) is 6.61 Å². The molecule has 2 N–H and O–H groups in total. The van der Waals surface area contributed by atoms with Crippen LogP contribution in [-0.2, 0) is 9.53 Å². The monoisotopic (exact) mass is 374 g/mol. The first kappa shape index (κ1) is 18.1. The second-order valence-electron chi connectivity index (χ2n) is 4.53. The van der Waals surface area contributed by atoms with Gasteiger partial charge in [0, 0.05) is 10.5 Å². The van der Waals surface area contributed by atoms with E-state index in [-0.39, 0.29) is 11.6 Å². The fourth-order valence-electron chi connectivity index (χ4n) is 1.39. The molecule has 0 bridgehead atoms. The molecule has 8 heteroatoms. The molecule has 120 valence electrons. The summed E-state index contributed by atoms with van der Waals surface area (Å²) in [5, 5.41) is 4.55. The summed E-state index contributed by atoms with van der Waals surface area (Å²) in [4.78, 5) is 34.6. The number of amides is 3. The smallest absolute Gasteiger partial charge is 0.339 e. The fourth-order valence-corrected chi connectivity index (χ4v) is 1.80. The number of halogens is 2. The van der Waals surface area contributed by atoms with Crippen LogP contribution in [-0.4, -0.2) is 30.6 Å². The summed E-state index contributed by atoms with van der Waals surface area (Å²) in [6.45, 7) is 3.02. The molecule has 0 radical (unpaired) electrons. The normalized spacial score (nSPS) is 11.5. The van der Waals surface area contributed by atoms with Gasteiger partial charge < -0.3 is 10.1 Å². The highest BCUT2D eigenvalue weighted by Crippen LogP contribution is 2.18. The van der Waals surface area contributed by atoms with Crippen LogP contribution in [0.4, 0.5) is 9.18 Å². The molecule has 22 heavy (non-hydrogen) atoms. The maximum atomic E-state index is 13.1. The van der Waals surface area contributed by atoms with Crippen molar-refractivity contribution in [2.24, 2.45) is 0 Å². The van der Waals surface area contributed by atoms with Gasteiger partial charge in [-0.1, -0.05) is 6.92 Å². The number of hydrogen-bond acceptors (Lipinski definition) is 4. The van der Waals surface area contributed by atoms with Crippen LogP contribution in [0.3, 0.4) is 0 Å². The minimum Gasteiger partial charge on any atom is -0.452 e. The van der Waals surface area contributed by atoms with Crippen LogP contribution in [0.15, 0.2) is 22.7 Å². The van der Waals surface area contributed by atoms with Gasteiger partial charge in [-0.15, -0.1) is 0 Å². The van der Waals surface area contributed by atoms with E-state index in [4.69, 9.17) is 4.74 Å². The Morgan fingerprint density at radius 1 is 1.36 bits per heavy atom. The van der Waals surface area contributed by atoms with Gasteiger partial charge in [0.05, 0.1) is 5.56 Å². The highest BCUT2D eigenvalue weighted by atomic mass is 79.9. The molecule has 0 aliphatic rings. The molecule has 6 nitrogen and oxygen atoms in total. The number of esters is 1. The standard InChI is InChI=1S/C14H16BrFN2O4/c1-3-8(2)17-14(21)18-12(19)7-22-13(20)10-6-9(16)4-5-11(10)15/h4-6,8H,3,7H2,1-2H3,(H2,17,18,19,21)/t8-/m0/s1. The molecule has 0 saturated carbocycles. The Labute approximate surface area is 135 Å². The summed E-state index contributed by atoms with van der Waals surface area (Å²) in [5.41, 5.74) is -0.0446. The Balaban J connectivity index is 2.48. The van der Waals surface area contributed by atoms with Crippen molar-refractivity contribution < 1.29 is 23.5 Å². The molecule has 0 saturated heterocycles. The Kier molecular flexibility index (Phi) is 6.97. The maximum absolute atomic E-state index is 13.1. The van der Waals surface area contributed by atoms with E-state index < -0.39 is 30.3 Å². The predicted molar refractivity (Wildman–Crippen MR) is 80.8 cm³/mol. The first-order chi connectivity index (χ1) is 10.3. The van der Waals surface area contributed by atoms with Gasteiger partial charge in [0.1, 0.15) is 5.82 Å². The van der Waals surface area contributed by atoms with Gasteiger partial charge in [-0.05, 0) is 47.5 Å². The number of ether oxygens (including phenoxy) is 1. The second-order valence-corrected chi connectivity index (χ2v) is 5.39. The van der Waals surface area contributed by atoms with E-state index in [2.05, 4.69) is 21.2 Å². The zero-order valence-electron chi connectivity index (χ0n) is 12.1. The highest BCUT2D eigenvalue weighted by molar-refractivity contribution is 9.10. The van der Waals surface area contributed by atoms with Crippen molar-refractivity contribution in [2.45, 2.75) is 26.3 Å². The van der Waals surface area contributed by atoms with Crippen LogP contribution in [0.25, 0.3) is 0 Å². The number of benzene rings is 1. The largest absolute Gasteiger partial charge is 0.452 e. The van der Waals surface area contributed by atoms with Crippen LogP contribution in [0.5, 0.6) is 0 Å². The average Bonchev–Trinajstić information content (AvgIpc) is 2.46. The zero-order chi connectivity index (χ0) is 16.7. The van der Waals surface area contributed by atoms with Crippen molar-refractivity contribution in [1.82, 2.24) is 10.6 Å². The number of nitrogens with one attached hydrogen (secondary N) is 2. The third-order valence-electron chi connectivity index (χ3n) is 2.73. The Hall–Kier alpha value is -1.96. The molecule has 0 heterocycles. The summed E-state index contributed by atoms with van der Waals surface area (Å²) in [6.07, 6.45) is 0.712. The first-order valence-electron chi connectivity index (χ1n) is 6.56. The molecular formula is C14H16BrFN2O4. The molecule has 1 rings (SSSR count). The fraction of sp³-hybridized carbons (Fsp3) is 0.357. The van der Waals surface area contributed by atoms with E-state index in [0.717, 1.165) is 6.07 Å². The lowest BCUT2D eigenvalue weighted by Gasteiger charge is -2.12. The minimum absolute atomic E-state index is 0.0446. The van der Waals surface area contributed by atoms with Crippen LogP contribution >= 0.6 is 15.9 Å². The van der Waals surface area contributed by atoms with E-state index in [1.807, 2.05) is 12.2 Å². The van der Waals surface area contributed by atoms with Gasteiger partial charge in [-0.2, -0.15) is 0 Å². The van der Waals surface area contributed by atoms with Crippen molar-refractivity contribution in [3.05, 3.63) is 34.1 Å². The van der Waals surface area contributed by atoms with Crippen LogP contribution in [0.1, 0.15) is 30.6 Å². The van der Waals surface area contributed by atoms with Crippen molar-refractivity contribution in [3.8, 4) is 0 Å². The van der Waals surface area contributed by atoms with Crippen LogP contribution in [0.2, 0.25) is 0 Å². The number of carbonyl (C=O) groups is 3. The van der Waals surface area contributed by atoms with Gasteiger partial charge in [0.25, 0.3) is 5.91 Å². The van der Waals surface area contributed by atoms with E-state index in [9.17, 15) is 18.8 Å². The third-order valence-corrected chi connectivity index (χ3v) is 3.42. The lowest BCUT2D eigenvalue weighted by atomic mass is 10.2. The molecule has 0 aliphatic carbocycles. The summed E-state index contributed by atoms with van der Waals surface area (Å²) >= 11 is 3.08. The molecule has 0 fully saturated rings. The van der Waals surface area contributed by atoms with Gasteiger partial charge in [0.2, 0.25) is 0 Å². The lowest BCUT2D eigenvalue weighted by molar-refractivity contribution is -0.123. The van der Waals surface area contributed by atoms with E-state index in [1.165, 1.54) is 12.1 Å². The second kappa shape index (κ2) is 8.47. The molecule has 1 aromatic carbocycles. The summed E-state index contributed by atoms with van der Waals surface area (Å²) in [5.74, 6) is -2.25. The van der Waals surface area contributed by atoms with Gasteiger partial charge >= 0.3 is 12.0 Å². The van der Waals surface area contributed by atoms with Crippen molar-refractivity contribution in [3.63, 3.8) is 0 Å². The molecule has 0 aliphatic heterocycles. The van der Waals surface area contributed by atoms with Gasteiger partial charge in [-0.3, -0.25) is 10.1 Å². The summed E-state index contributed by atoms with van der Waals surface area (Å²) < 4.78 is 18.1. The van der Waals surface area contributed by atoms with Gasteiger partial charge in [0.15, 0.2) is 6.61 Å². The van der Waals surface area contributed by atoms with E-state index in [0.29, 0.717) is 10.9 Å². The molecule has 0 spiro atoms. The molecule has 3 amide bonds. The number of imide groups is 1. The quantitative estimate of drug-likeness (QED) is 0.774. The topological polar surface area (TPSA) is 84.5 Å². The summed E-state index contributed by atoms with van der Waals surface area (Å²) in [6, 6.07) is 2.76. The lowest BCUT2D eigenvalue weighted by Crippen LogP contribution is -2.44. The van der Waals surface area contributed by atoms with E-state index in [1.54, 1.807) is 6.92 Å². The Morgan fingerprint density at radius 3 is 2.68 bits per heavy atom. The molecule has 1 atom stereocenters. The van der Waals surface area contributed by atoms with Crippen LogP contribution in [0, 0.1) is 5.82 Å². The predicted octanol–water partition coefficient (Wildman–Crippen LogP) is 2.37. The van der Waals surface area contributed by atoms with E-state index >= 15 is 0 Å². The SMILES string of the molecule is CC[C@H](C)NC(=O)NC(=O)COC(=O)c1cc(F)ccc1Br. The maximum Gasteiger partial charge on any atom is 0.339 e. The summed E-state index contributed by atoms with van der Waals surface area (Å²) in [7, 11) is 0. The molecule has 0 aromatic heterocycles. The number of rotatable bonds is 5. The number of carbonyl (C=O) groups excluding carboxylic acids is 3. The average molecular weight is 375 g/mol. The zero-order valence-corrected chi connectivity index (χ0v) is 13.7. The minimum atomic E-state index is -0.871. The van der Waals surface area contributed by atoms with Crippen LogP contribution < -0.4 is 10.6 Å². The van der Waals surface area contributed by atoms with Crippen molar-refractivity contribution >= 4 is 33.8 Å². The van der Waals surface area contributed by atoms with Crippen molar-refractivity contribution in [1.29, 1.82) is 0 Å². The Morgan fingerprint density at radius 2 is 2.05 bits per heavy atom. The highest BCUT2D eigenvalue weighted by Gasteiger charge is 2.16. The molecule has 0 unspecified atom stereocenters. The first-order valence-corrected chi connectivity index (χ1v) is 7.35. The Bertz CT molecular complexity index is 580. The number of urea groups is 1. The third kappa shape index (κ3) is 5.80. The molecule has 1 aromatic rings. The molecular weight excluding hydrogens is 359 g/mol. The number of hydrogen-bond donors (Lipinski definition) is 2. The van der Waals surface area contributed by atoms with Gasteiger partial charge in [-0.25, -0.2) is 14.0 Å².